The van der Waals surface area contributed by atoms with Gasteiger partial charge < -0.3 is 9.32 Å². The summed E-state index contributed by atoms with van der Waals surface area (Å²) in [5.74, 6) is 0. The maximum atomic E-state index is 6.86. The Kier molecular flexibility index (Phi) is 7.89. The second-order valence-corrected chi connectivity index (χ2v) is 15.7. The van der Waals surface area contributed by atoms with Gasteiger partial charge in [-0.2, -0.15) is 0 Å². The fourth-order valence-electron chi connectivity index (χ4n) is 9.42. The highest BCUT2D eigenvalue weighted by molar-refractivity contribution is 6.30. The van der Waals surface area contributed by atoms with Crippen LogP contribution in [0.5, 0.6) is 0 Å². The van der Waals surface area contributed by atoms with Gasteiger partial charge in [0.05, 0.1) is 11.1 Å². The van der Waals surface area contributed by atoms with E-state index in [9.17, 15) is 0 Å². The Labute approximate surface area is 347 Å². The zero-order chi connectivity index (χ0) is 39.6. The molecule has 0 unspecified atom stereocenters. The van der Waals surface area contributed by atoms with E-state index in [-0.39, 0.29) is 0 Å². The minimum Gasteiger partial charge on any atom is -0.456 e. The second-order valence-electron chi connectivity index (χ2n) is 15.7. The van der Waals surface area contributed by atoms with Crippen LogP contribution in [0, 0.1) is 0 Å². The minimum absolute atomic E-state index is 0.851. The lowest BCUT2D eigenvalue weighted by Gasteiger charge is -2.27. The van der Waals surface area contributed by atoms with Gasteiger partial charge in [-0.05, 0) is 137 Å². The zero-order valence-electron chi connectivity index (χ0n) is 32.7. The van der Waals surface area contributed by atoms with Crippen LogP contribution in [0.3, 0.4) is 0 Å². The van der Waals surface area contributed by atoms with E-state index in [0.29, 0.717) is 0 Å². The number of fused-ring (bicyclic) bond motifs is 10. The molecule has 0 aliphatic carbocycles. The van der Waals surface area contributed by atoms with Crippen LogP contribution in [0.25, 0.3) is 98.4 Å². The molecule has 0 spiro atoms. The van der Waals surface area contributed by atoms with Gasteiger partial charge in [0.1, 0.15) is 11.2 Å². The van der Waals surface area contributed by atoms with Crippen LogP contribution in [0.1, 0.15) is 0 Å². The quantitative estimate of drug-likeness (QED) is 0.157. The van der Waals surface area contributed by atoms with Crippen LogP contribution in [-0.2, 0) is 0 Å². The molecule has 12 aromatic rings. The van der Waals surface area contributed by atoms with Crippen molar-refractivity contribution in [1.82, 2.24) is 0 Å². The van der Waals surface area contributed by atoms with Gasteiger partial charge in [0.15, 0.2) is 0 Å². The molecule has 0 amide bonds. The van der Waals surface area contributed by atoms with Gasteiger partial charge in [0.2, 0.25) is 0 Å². The summed E-state index contributed by atoms with van der Waals surface area (Å²) in [6.07, 6.45) is 0. The molecule has 0 saturated carbocycles. The molecule has 0 aliphatic rings. The van der Waals surface area contributed by atoms with E-state index in [1.807, 2.05) is 0 Å². The minimum atomic E-state index is 0.851. The monoisotopic (exact) mass is 763 g/mol. The lowest BCUT2D eigenvalue weighted by molar-refractivity contribution is 0.669. The first kappa shape index (κ1) is 34.1. The van der Waals surface area contributed by atoms with E-state index >= 15 is 0 Å². The maximum Gasteiger partial charge on any atom is 0.137 e. The van der Waals surface area contributed by atoms with E-state index in [1.54, 1.807) is 0 Å². The Morgan fingerprint density at radius 3 is 1.62 bits per heavy atom. The van der Waals surface area contributed by atoms with Crippen molar-refractivity contribution in [3.63, 3.8) is 0 Å². The molecule has 2 heteroatoms. The number of hydrogen-bond acceptors (Lipinski definition) is 2. The standard InChI is InChI=1S/C58H37NO/c1-4-15-38(16-5-1)44-33-45(39-17-6-2-7-18-39)35-47(34-44)59(46-21-8-3-9-22-46)53-25-14-26-54-58(53)51-32-30-43(37-55(51)60-54)52-36-42-20-11-13-24-49(42)57-50(52)31-29-41-28-27-40-19-10-12-23-48(40)56(41)57/h1-37H. The molecule has 0 fully saturated rings. The molecule has 2 nitrogen and oxygen atoms in total. The van der Waals surface area contributed by atoms with Crippen molar-refractivity contribution < 1.29 is 4.42 Å². The molecule has 12 rings (SSSR count). The Morgan fingerprint density at radius 2 is 0.883 bits per heavy atom. The van der Waals surface area contributed by atoms with Gasteiger partial charge in [0.25, 0.3) is 0 Å². The fourth-order valence-corrected chi connectivity index (χ4v) is 9.42. The number of rotatable bonds is 6. The number of benzene rings is 11. The third-order valence-corrected chi connectivity index (χ3v) is 12.2. The van der Waals surface area contributed by atoms with Gasteiger partial charge in [-0.25, -0.2) is 0 Å². The summed E-state index contributed by atoms with van der Waals surface area (Å²) in [4.78, 5) is 2.39. The van der Waals surface area contributed by atoms with Gasteiger partial charge in [-0.1, -0.05) is 164 Å². The smallest absolute Gasteiger partial charge is 0.137 e. The number of nitrogens with zero attached hydrogens (tertiary/aromatic N) is 1. The average molecular weight is 764 g/mol. The number of hydrogen-bond donors (Lipinski definition) is 0. The summed E-state index contributed by atoms with van der Waals surface area (Å²) in [5, 5.41) is 12.2. The third kappa shape index (κ3) is 5.57. The van der Waals surface area contributed by atoms with Gasteiger partial charge >= 0.3 is 0 Å². The van der Waals surface area contributed by atoms with E-state index in [0.717, 1.165) is 55.7 Å². The fraction of sp³-hybridized carbons (Fsp3) is 0. The predicted molar refractivity (Wildman–Crippen MR) is 255 cm³/mol. The lowest BCUT2D eigenvalue weighted by atomic mass is 9.88. The summed E-state index contributed by atoms with van der Waals surface area (Å²) in [6.45, 7) is 0. The van der Waals surface area contributed by atoms with Gasteiger partial charge in [-0.3, -0.25) is 0 Å². The van der Waals surface area contributed by atoms with Crippen molar-refractivity contribution in [3.05, 3.63) is 224 Å². The van der Waals surface area contributed by atoms with Crippen LogP contribution in [0.2, 0.25) is 0 Å². The molecule has 0 bridgehead atoms. The van der Waals surface area contributed by atoms with Crippen LogP contribution in [0.4, 0.5) is 17.1 Å². The van der Waals surface area contributed by atoms with Crippen LogP contribution in [0.15, 0.2) is 229 Å². The van der Waals surface area contributed by atoms with E-state index in [4.69, 9.17) is 4.42 Å². The number of furan rings is 1. The molecule has 0 atom stereocenters. The molecule has 0 N–H and O–H groups in total. The second kappa shape index (κ2) is 13.9. The number of anilines is 3. The Hall–Kier alpha value is -7.94. The van der Waals surface area contributed by atoms with Crippen molar-refractivity contribution in [2.45, 2.75) is 0 Å². The summed E-state index contributed by atoms with van der Waals surface area (Å²) in [5.41, 5.74) is 11.9. The summed E-state index contributed by atoms with van der Waals surface area (Å²) < 4.78 is 6.86. The molecule has 1 heterocycles. The molecular weight excluding hydrogens is 727 g/mol. The van der Waals surface area contributed by atoms with E-state index in [2.05, 4.69) is 229 Å². The topological polar surface area (TPSA) is 16.4 Å². The van der Waals surface area contributed by atoms with E-state index in [1.165, 1.54) is 59.8 Å². The highest BCUT2D eigenvalue weighted by atomic mass is 16.3. The SMILES string of the molecule is c1ccc(-c2cc(-c3ccccc3)cc(N(c3ccccc3)c3cccc4oc5cc(-c6cc7ccccc7c7c6ccc6ccc8ccccc8c67)ccc5c34)c2)cc1. The molecule has 0 aliphatic heterocycles. The molecule has 1 aromatic heterocycles. The Balaban J connectivity index is 1.08. The number of para-hydroxylation sites is 1. The summed E-state index contributed by atoms with van der Waals surface area (Å²) in [6, 6.07) is 81.1. The first-order chi connectivity index (χ1) is 29.7. The highest BCUT2D eigenvalue weighted by Gasteiger charge is 2.22. The molecule has 11 aromatic carbocycles. The lowest BCUT2D eigenvalue weighted by Crippen LogP contribution is -2.10. The maximum absolute atomic E-state index is 6.86. The van der Waals surface area contributed by atoms with Gasteiger partial charge in [-0.15, -0.1) is 0 Å². The Bertz CT molecular complexity index is 3530. The van der Waals surface area contributed by atoms with E-state index < -0.39 is 0 Å². The first-order valence-electron chi connectivity index (χ1n) is 20.6. The highest BCUT2D eigenvalue weighted by Crippen LogP contribution is 2.47. The molecular formula is C58H37NO. The van der Waals surface area contributed by atoms with Gasteiger partial charge in [0, 0.05) is 16.8 Å². The predicted octanol–water partition coefficient (Wildman–Crippen LogP) is 16.7. The van der Waals surface area contributed by atoms with Crippen molar-refractivity contribution in [2.24, 2.45) is 0 Å². The van der Waals surface area contributed by atoms with Crippen LogP contribution < -0.4 is 4.90 Å². The normalized spacial score (nSPS) is 11.7. The molecule has 0 saturated heterocycles. The summed E-state index contributed by atoms with van der Waals surface area (Å²) >= 11 is 0. The Morgan fingerprint density at radius 1 is 0.283 bits per heavy atom. The third-order valence-electron chi connectivity index (χ3n) is 12.2. The van der Waals surface area contributed by atoms with Crippen molar-refractivity contribution >= 4 is 82.1 Å². The first-order valence-corrected chi connectivity index (χ1v) is 20.6. The van der Waals surface area contributed by atoms with Crippen molar-refractivity contribution in [1.29, 1.82) is 0 Å². The van der Waals surface area contributed by atoms with Crippen molar-refractivity contribution in [2.75, 3.05) is 4.90 Å². The van der Waals surface area contributed by atoms with Crippen LogP contribution >= 0.6 is 0 Å². The largest absolute Gasteiger partial charge is 0.456 e. The van der Waals surface area contributed by atoms with Crippen molar-refractivity contribution in [3.8, 4) is 33.4 Å². The molecule has 60 heavy (non-hydrogen) atoms. The molecule has 0 radical (unpaired) electrons. The summed E-state index contributed by atoms with van der Waals surface area (Å²) in [7, 11) is 0. The zero-order valence-corrected chi connectivity index (χ0v) is 32.7. The van der Waals surface area contributed by atoms with Crippen LogP contribution in [-0.4, -0.2) is 0 Å². The average Bonchev–Trinajstić information content (AvgIpc) is 3.70. The molecule has 280 valence electrons.